The lowest BCUT2D eigenvalue weighted by molar-refractivity contribution is 0.865. The second-order valence-corrected chi connectivity index (χ2v) is 4.40. The zero-order valence-corrected chi connectivity index (χ0v) is 10.8. The number of benzene rings is 1. The van der Waals surface area contributed by atoms with Gasteiger partial charge < -0.3 is 11.6 Å². The molecule has 0 unspecified atom stereocenters. The summed E-state index contributed by atoms with van der Waals surface area (Å²) in [6.45, 7) is 1.95. The van der Waals surface area contributed by atoms with Crippen LogP contribution >= 0.6 is 23.2 Å². The number of halogens is 2. The molecule has 1 aromatic carbocycles. The minimum Gasteiger partial charge on any atom is -0.382 e. The van der Waals surface area contributed by atoms with Crippen LogP contribution in [-0.2, 0) is 6.42 Å². The molecule has 4 nitrogen and oxygen atoms in total. The number of aryl methyl sites for hydroxylation is 1. The lowest BCUT2D eigenvalue weighted by Crippen LogP contribution is -2.14. The average Bonchev–Trinajstić information content (AvgIpc) is 2.57. The highest BCUT2D eigenvalue weighted by Gasteiger charge is 2.18. The number of nitrogen functional groups attached to an aromatic ring is 2. The maximum Gasteiger partial charge on any atom is 0.150 e. The van der Waals surface area contributed by atoms with Crippen LogP contribution in [0, 0.1) is 0 Å². The first kappa shape index (κ1) is 12.1. The fourth-order valence-corrected chi connectivity index (χ4v) is 2.23. The van der Waals surface area contributed by atoms with E-state index in [9.17, 15) is 0 Å². The number of hydrogen-bond donors (Lipinski definition) is 2. The average molecular weight is 271 g/mol. The van der Waals surface area contributed by atoms with Crippen LogP contribution in [0.2, 0.25) is 10.0 Å². The van der Waals surface area contributed by atoms with Crippen LogP contribution in [0.3, 0.4) is 0 Å². The monoisotopic (exact) mass is 270 g/mol. The molecule has 0 atom stereocenters. The van der Waals surface area contributed by atoms with Gasteiger partial charge in [-0.05, 0) is 12.1 Å². The van der Waals surface area contributed by atoms with Gasteiger partial charge in [0.1, 0.15) is 11.5 Å². The maximum absolute atomic E-state index is 6.11. The van der Waals surface area contributed by atoms with E-state index >= 15 is 0 Å². The summed E-state index contributed by atoms with van der Waals surface area (Å²) in [4.78, 5) is 4.36. The second-order valence-electron chi connectivity index (χ2n) is 3.58. The highest BCUT2D eigenvalue weighted by Crippen LogP contribution is 2.36. The number of rotatable bonds is 2. The number of imidazole rings is 1. The third-order valence-corrected chi connectivity index (χ3v) is 3.17. The summed E-state index contributed by atoms with van der Waals surface area (Å²) >= 11 is 12.2. The Balaban J connectivity index is 2.69. The van der Waals surface area contributed by atoms with E-state index in [2.05, 4.69) is 4.98 Å². The molecule has 90 valence electrons. The molecule has 1 aromatic heterocycles. The number of nitrogens with zero attached hydrogens (tertiary/aromatic N) is 2. The Labute approximate surface area is 109 Å². The fourth-order valence-electron chi connectivity index (χ4n) is 1.65. The Bertz CT molecular complexity index is 543. The topological polar surface area (TPSA) is 69.9 Å². The van der Waals surface area contributed by atoms with Crippen molar-refractivity contribution in [1.29, 1.82) is 0 Å². The first-order valence-electron chi connectivity index (χ1n) is 5.12. The SMILES string of the molecule is CCc1nc(-c2c(Cl)cccc2Cl)c(N)n1N. The molecule has 4 N–H and O–H groups in total. The van der Waals surface area contributed by atoms with E-state index in [1.54, 1.807) is 18.2 Å². The molecule has 0 bridgehead atoms. The van der Waals surface area contributed by atoms with Crippen LogP contribution < -0.4 is 11.6 Å². The Morgan fingerprint density at radius 1 is 1.29 bits per heavy atom. The van der Waals surface area contributed by atoms with E-state index < -0.39 is 0 Å². The molecule has 0 aliphatic carbocycles. The molecule has 6 heteroatoms. The van der Waals surface area contributed by atoms with Gasteiger partial charge in [0.15, 0.2) is 5.82 Å². The van der Waals surface area contributed by atoms with Crippen molar-refractivity contribution in [3.8, 4) is 11.3 Å². The summed E-state index contributed by atoms with van der Waals surface area (Å²) in [6, 6.07) is 5.25. The van der Waals surface area contributed by atoms with Gasteiger partial charge in [0.05, 0.1) is 10.0 Å². The molecule has 0 aliphatic rings. The van der Waals surface area contributed by atoms with Crippen LogP contribution in [0.15, 0.2) is 18.2 Å². The van der Waals surface area contributed by atoms with Crippen molar-refractivity contribution in [3.05, 3.63) is 34.1 Å². The maximum atomic E-state index is 6.11. The van der Waals surface area contributed by atoms with Gasteiger partial charge in [0, 0.05) is 12.0 Å². The first-order valence-corrected chi connectivity index (χ1v) is 5.88. The lowest BCUT2D eigenvalue weighted by Gasteiger charge is -2.05. The van der Waals surface area contributed by atoms with Crippen molar-refractivity contribution < 1.29 is 0 Å². The number of hydrogen-bond acceptors (Lipinski definition) is 3. The van der Waals surface area contributed by atoms with E-state index in [1.807, 2.05) is 6.92 Å². The van der Waals surface area contributed by atoms with Gasteiger partial charge in [-0.2, -0.15) is 0 Å². The Morgan fingerprint density at radius 2 is 1.88 bits per heavy atom. The van der Waals surface area contributed by atoms with Crippen molar-refractivity contribution in [2.45, 2.75) is 13.3 Å². The predicted octanol–water partition coefficient (Wildman–Crippen LogP) is 2.72. The molecule has 0 fully saturated rings. The fraction of sp³-hybridized carbons (Fsp3) is 0.182. The van der Waals surface area contributed by atoms with E-state index in [0.717, 1.165) is 0 Å². The van der Waals surface area contributed by atoms with Crippen molar-refractivity contribution >= 4 is 29.0 Å². The normalized spacial score (nSPS) is 10.8. The van der Waals surface area contributed by atoms with E-state index in [-0.39, 0.29) is 0 Å². The van der Waals surface area contributed by atoms with Crippen LogP contribution in [0.25, 0.3) is 11.3 Å². The molecular weight excluding hydrogens is 259 g/mol. The zero-order chi connectivity index (χ0) is 12.6. The molecule has 2 rings (SSSR count). The summed E-state index contributed by atoms with van der Waals surface area (Å²) in [5.41, 5.74) is 7.05. The minimum absolute atomic E-state index is 0.358. The molecule has 0 saturated heterocycles. The molecule has 0 aliphatic heterocycles. The van der Waals surface area contributed by atoms with Gasteiger partial charge in [-0.1, -0.05) is 36.2 Å². The van der Waals surface area contributed by atoms with E-state index in [4.69, 9.17) is 34.8 Å². The molecule has 0 spiro atoms. The first-order chi connectivity index (χ1) is 8.06. The largest absolute Gasteiger partial charge is 0.382 e. The molecule has 1 heterocycles. The Morgan fingerprint density at radius 3 is 2.35 bits per heavy atom. The molecule has 0 radical (unpaired) electrons. The third kappa shape index (κ3) is 1.94. The van der Waals surface area contributed by atoms with Gasteiger partial charge in [-0.25, -0.2) is 9.66 Å². The molecule has 0 amide bonds. The van der Waals surface area contributed by atoms with Crippen LogP contribution in [0.4, 0.5) is 5.82 Å². The third-order valence-electron chi connectivity index (χ3n) is 2.54. The lowest BCUT2D eigenvalue weighted by atomic mass is 10.1. The quantitative estimate of drug-likeness (QED) is 0.825. The van der Waals surface area contributed by atoms with Crippen LogP contribution in [0.1, 0.15) is 12.7 Å². The summed E-state index contributed by atoms with van der Waals surface area (Å²) in [5.74, 6) is 6.84. The van der Waals surface area contributed by atoms with Gasteiger partial charge >= 0.3 is 0 Å². The smallest absolute Gasteiger partial charge is 0.150 e. The van der Waals surface area contributed by atoms with Crippen LogP contribution in [0.5, 0.6) is 0 Å². The summed E-state index contributed by atoms with van der Waals surface area (Å²) in [6.07, 6.45) is 0.683. The van der Waals surface area contributed by atoms with Gasteiger partial charge in [-0.3, -0.25) is 0 Å². The highest BCUT2D eigenvalue weighted by molar-refractivity contribution is 6.39. The van der Waals surface area contributed by atoms with E-state index in [0.29, 0.717) is 39.4 Å². The van der Waals surface area contributed by atoms with Crippen LogP contribution in [-0.4, -0.2) is 9.66 Å². The van der Waals surface area contributed by atoms with Crippen molar-refractivity contribution in [1.82, 2.24) is 9.66 Å². The Hall–Kier alpha value is -1.39. The molecule has 2 aromatic rings. The van der Waals surface area contributed by atoms with Crippen molar-refractivity contribution in [2.75, 3.05) is 11.6 Å². The zero-order valence-electron chi connectivity index (χ0n) is 9.24. The number of aromatic nitrogens is 2. The van der Waals surface area contributed by atoms with Gasteiger partial charge in [-0.15, -0.1) is 0 Å². The summed E-state index contributed by atoms with van der Waals surface area (Å²) < 4.78 is 1.36. The summed E-state index contributed by atoms with van der Waals surface area (Å²) in [7, 11) is 0. The van der Waals surface area contributed by atoms with Gasteiger partial charge in [0.25, 0.3) is 0 Å². The summed E-state index contributed by atoms with van der Waals surface area (Å²) in [5, 5.41) is 1.01. The van der Waals surface area contributed by atoms with Gasteiger partial charge in [0.2, 0.25) is 0 Å². The molecular formula is C11H12Cl2N4. The van der Waals surface area contributed by atoms with Crippen molar-refractivity contribution in [2.24, 2.45) is 0 Å². The standard InChI is InChI=1S/C11H12Cl2N4/c1-2-8-16-10(11(14)17(8)15)9-6(12)4-3-5-7(9)13/h3-5H,2,14-15H2,1H3. The molecule has 0 saturated carbocycles. The molecule has 17 heavy (non-hydrogen) atoms. The van der Waals surface area contributed by atoms with E-state index in [1.165, 1.54) is 4.68 Å². The van der Waals surface area contributed by atoms with Crippen molar-refractivity contribution in [3.63, 3.8) is 0 Å². The number of anilines is 1. The second kappa shape index (κ2) is 4.47. The highest BCUT2D eigenvalue weighted by atomic mass is 35.5. The predicted molar refractivity (Wildman–Crippen MR) is 71.6 cm³/mol. The Kier molecular flexibility index (Phi) is 3.17. The minimum atomic E-state index is 0.358. The number of nitrogens with two attached hydrogens (primary N) is 2.